The second-order valence-electron chi connectivity index (χ2n) is 14.3. The molecule has 0 unspecified atom stereocenters. The van der Waals surface area contributed by atoms with Crippen molar-refractivity contribution < 1.29 is 4.42 Å². The fraction of sp³-hybridized carbons (Fsp3) is 0.0800. The van der Waals surface area contributed by atoms with E-state index >= 15 is 0 Å². The Bertz CT molecular complexity index is 2750. The largest absolute Gasteiger partial charge is 0.456 e. The topological polar surface area (TPSA) is 37.9 Å². The molecule has 1 heterocycles. The van der Waals surface area contributed by atoms with Crippen LogP contribution in [0.2, 0.25) is 0 Å². The van der Waals surface area contributed by atoms with Gasteiger partial charge >= 0.3 is 0 Å². The van der Waals surface area contributed by atoms with E-state index in [1.807, 2.05) is 61.5 Å². The van der Waals surface area contributed by atoms with E-state index in [1.54, 1.807) is 0 Å². The van der Waals surface area contributed by atoms with Crippen molar-refractivity contribution in [3.05, 3.63) is 198 Å². The number of hydrogen-bond acceptors (Lipinski definition) is 2. The Hall–Kier alpha value is -6.58. The summed E-state index contributed by atoms with van der Waals surface area (Å²) < 4.78 is 6.29. The maximum absolute atomic E-state index is 6.29. The summed E-state index contributed by atoms with van der Waals surface area (Å²) in [6.45, 7) is 11.1. The zero-order chi connectivity index (χ0) is 36.1. The second-order valence-corrected chi connectivity index (χ2v) is 14.3. The molecule has 0 atom stereocenters. The zero-order valence-corrected chi connectivity index (χ0v) is 30.1. The number of para-hydroxylation sites is 1. The minimum atomic E-state index is -0.183. The highest BCUT2D eigenvalue weighted by molar-refractivity contribution is 6.13. The minimum absolute atomic E-state index is 0.183. The Labute approximate surface area is 310 Å². The Kier molecular flexibility index (Phi) is 7.86. The third kappa shape index (κ3) is 5.71. The normalized spacial score (nSPS) is 13.6. The monoisotopic (exact) mass is 682 g/mol. The number of furan rings is 1. The number of nitrogens with zero attached hydrogens (tertiary/aromatic N) is 2. The van der Waals surface area contributed by atoms with Crippen LogP contribution in [0.15, 0.2) is 185 Å². The molecule has 1 aromatic heterocycles. The van der Waals surface area contributed by atoms with Crippen molar-refractivity contribution in [3.8, 4) is 33.4 Å². The van der Waals surface area contributed by atoms with E-state index in [9.17, 15) is 0 Å². The van der Waals surface area contributed by atoms with Crippen molar-refractivity contribution >= 4 is 39.2 Å². The van der Waals surface area contributed by atoms with Crippen LogP contribution in [0, 0.1) is 0 Å². The average molecular weight is 683 g/mol. The van der Waals surface area contributed by atoms with Crippen LogP contribution < -0.4 is 0 Å². The van der Waals surface area contributed by atoms with Gasteiger partial charge in [0.1, 0.15) is 11.2 Å². The number of hydrogen-bond donors (Lipinski definition) is 0. The molecule has 254 valence electrons. The van der Waals surface area contributed by atoms with Gasteiger partial charge in [-0.25, -0.2) is 9.98 Å². The first-order chi connectivity index (χ1) is 25.8. The summed E-state index contributed by atoms with van der Waals surface area (Å²) in [4.78, 5) is 9.90. The van der Waals surface area contributed by atoms with Crippen molar-refractivity contribution in [2.45, 2.75) is 26.2 Å². The van der Waals surface area contributed by atoms with Crippen LogP contribution in [-0.2, 0) is 5.41 Å². The lowest BCUT2D eigenvalue weighted by molar-refractivity contribution is 0.657. The summed E-state index contributed by atoms with van der Waals surface area (Å²) >= 11 is 0. The molecule has 0 saturated carbocycles. The molecular weight excluding hydrogens is 645 g/mol. The van der Waals surface area contributed by atoms with Gasteiger partial charge in [0.05, 0.1) is 5.70 Å². The van der Waals surface area contributed by atoms with E-state index in [0.29, 0.717) is 11.5 Å². The minimum Gasteiger partial charge on any atom is -0.456 e. The van der Waals surface area contributed by atoms with E-state index < -0.39 is 0 Å². The standard InChI is InChI=1S/C50H38N2O/c1-32(34-14-7-5-8-15-34)51-49(37-16-9-6-10-17-37)52-33(2)35-22-24-36(25-23-35)38-18-13-19-39(30-38)40-26-27-41-42-28-29-46-47(43-20-11-12-21-45(43)53-46)48(42)50(3,4)44(41)31-40/h5-31H,2H2,1,3-4H3/b51-32+,52-49-. The second kappa shape index (κ2) is 12.9. The van der Waals surface area contributed by atoms with E-state index in [4.69, 9.17) is 14.4 Å². The number of amidine groups is 1. The Morgan fingerprint density at radius 2 is 1.15 bits per heavy atom. The SMILES string of the molecule is C=C(/N=C(\N=C(/C)c1ccccc1)c1ccccc1)c1ccc(-c2cccc(-c3ccc4c(c3)C(C)(C)c3c-4ccc4oc5ccccc5c34)c2)cc1. The molecule has 0 fully saturated rings. The average Bonchev–Trinajstić information content (AvgIpc) is 3.69. The highest BCUT2D eigenvalue weighted by atomic mass is 16.3. The maximum atomic E-state index is 6.29. The quantitative estimate of drug-likeness (QED) is 0.127. The van der Waals surface area contributed by atoms with E-state index in [2.05, 4.69) is 130 Å². The number of aliphatic imine (C=N–C) groups is 2. The van der Waals surface area contributed by atoms with Gasteiger partial charge in [0.25, 0.3) is 0 Å². The molecule has 0 N–H and O–H groups in total. The zero-order valence-electron chi connectivity index (χ0n) is 30.1. The lowest BCUT2D eigenvalue weighted by Crippen LogP contribution is -2.15. The van der Waals surface area contributed by atoms with Crippen molar-refractivity contribution in [1.82, 2.24) is 0 Å². The molecule has 3 heteroatoms. The Morgan fingerprint density at radius 3 is 1.91 bits per heavy atom. The van der Waals surface area contributed by atoms with Crippen molar-refractivity contribution in [2.24, 2.45) is 9.98 Å². The van der Waals surface area contributed by atoms with E-state index in [1.165, 1.54) is 44.2 Å². The van der Waals surface area contributed by atoms with E-state index in [-0.39, 0.29) is 5.41 Å². The molecule has 0 amide bonds. The lowest BCUT2D eigenvalue weighted by atomic mass is 9.80. The third-order valence-electron chi connectivity index (χ3n) is 10.6. The van der Waals surface area contributed by atoms with Gasteiger partial charge in [0.2, 0.25) is 0 Å². The molecule has 0 bridgehead atoms. The van der Waals surface area contributed by atoms with Crippen LogP contribution in [0.3, 0.4) is 0 Å². The van der Waals surface area contributed by atoms with Gasteiger partial charge in [-0.15, -0.1) is 0 Å². The Balaban J connectivity index is 1.01. The van der Waals surface area contributed by atoms with Crippen LogP contribution in [0.4, 0.5) is 0 Å². The van der Waals surface area contributed by atoms with Crippen molar-refractivity contribution in [2.75, 3.05) is 0 Å². The van der Waals surface area contributed by atoms with Gasteiger partial charge in [0, 0.05) is 27.5 Å². The fourth-order valence-electron chi connectivity index (χ4n) is 7.87. The number of fused-ring (bicyclic) bond motifs is 7. The van der Waals surface area contributed by atoms with Crippen LogP contribution in [-0.4, -0.2) is 11.5 Å². The summed E-state index contributed by atoms with van der Waals surface area (Å²) in [7, 11) is 0. The summed E-state index contributed by atoms with van der Waals surface area (Å²) in [5.41, 5.74) is 16.2. The molecule has 7 aromatic carbocycles. The van der Waals surface area contributed by atoms with Gasteiger partial charge in [0.15, 0.2) is 5.84 Å². The molecular formula is C50H38N2O. The number of benzene rings is 7. The smallest absolute Gasteiger partial charge is 0.160 e. The van der Waals surface area contributed by atoms with E-state index in [0.717, 1.165) is 44.7 Å². The van der Waals surface area contributed by atoms with Gasteiger partial charge in [-0.05, 0) is 86.8 Å². The molecule has 1 aliphatic rings. The predicted octanol–water partition coefficient (Wildman–Crippen LogP) is 13.2. The highest BCUT2D eigenvalue weighted by Crippen LogP contribution is 2.53. The van der Waals surface area contributed by atoms with Gasteiger partial charge < -0.3 is 4.42 Å². The summed E-state index contributed by atoms with van der Waals surface area (Å²) in [5, 5.41) is 2.41. The lowest BCUT2D eigenvalue weighted by Gasteiger charge is -2.23. The highest BCUT2D eigenvalue weighted by Gasteiger charge is 2.38. The van der Waals surface area contributed by atoms with Crippen LogP contribution >= 0.6 is 0 Å². The molecule has 0 radical (unpaired) electrons. The predicted molar refractivity (Wildman–Crippen MR) is 223 cm³/mol. The summed E-state index contributed by atoms with van der Waals surface area (Å²) in [6.07, 6.45) is 0. The first kappa shape index (κ1) is 32.3. The van der Waals surface area contributed by atoms with Crippen molar-refractivity contribution in [3.63, 3.8) is 0 Å². The number of rotatable bonds is 6. The fourth-order valence-corrected chi connectivity index (χ4v) is 7.87. The molecule has 8 aromatic rings. The van der Waals surface area contributed by atoms with Gasteiger partial charge in [-0.3, -0.25) is 0 Å². The molecule has 1 aliphatic carbocycles. The van der Waals surface area contributed by atoms with Gasteiger partial charge in [-0.1, -0.05) is 160 Å². The van der Waals surface area contributed by atoms with Crippen LogP contribution in [0.25, 0.3) is 61.0 Å². The first-order valence-corrected chi connectivity index (χ1v) is 18.1. The molecule has 0 spiro atoms. The molecule has 3 nitrogen and oxygen atoms in total. The summed E-state index contributed by atoms with van der Waals surface area (Å²) in [5.74, 6) is 0.636. The molecule has 0 saturated heterocycles. The Morgan fingerprint density at radius 1 is 0.528 bits per heavy atom. The third-order valence-corrected chi connectivity index (χ3v) is 10.6. The first-order valence-electron chi connectivity index (χ1n) is 18.1. The summed E-state index contributed by atoms with van der Waals surface area (Å²) in [6, 6.07) is 57.3. The molecule has 53 heavy (non-hydrogen) atoms. The van der Waals surface area contributed by atoms with Crippen LogP contribution in [0.5, 0.6) is 0 Å². The molecule has 9 rings (SSSR count). The van der Waals surface area contributed by atoms with Crippen molar-refractivity contribution in [1.29, 1.82) is 0 Å². The van der Waals surface area contributed by atoms with Crippen LogP contribution in [0.1, 0.15) is 48.6 Å². The van der Waals surface area contributed by atoms with Gasteiger partial charge in [-0.2, -0.15) is 0 Å². The maximum Gasteiger partial charge on any atom is 0.160 e. The molecule has 0 aliphatic heterocycles.